The minimum atomic E-state index is -4.36. The molecule has 3 heteroatoms. The minimum Gasteiger partial charge on any atom is -0.170 e. The third kappa shape index (κ3) is 8.86. The van der Waals surface area contributed by atoms with Crippen LogP contribution in [0.15, 0.2) is 84.9 Å². The summed E-state index contributed by atoms with van der Waals surface area (Å²) in [5.74, 6) is 0. The molecule has 0 aliphatic carbocycles. The quantitative estimate of drug-likeness (QED) is 0.182. The van der Waals surface area contributed by atoms with Crippen molar-refractivity contribution in [3.63, 3.8) is 0 Å². The molecule has 0 aliphatic rings. The van der Waals surface area contributed by atoms with E-state index in [0.29, 0.717) is 0 Å². The average Bonchev–Trinajstić information content (AvgIpc) is 3.01. The zero-order valence-corrected chi connectivity index (χ0v) is 31.2. The van der Waals surface area contributed by atoms with Crippen LogP contribution in [0.3, 0.4) is 0 Å². The van der Waals surface area contributed by atoms with Crippen molar-refractivity contribution < 1.29 is 13.2 Å². The van der Waals surface area contributed by atoms with Crippen LogP contribution in [-0.2, 0) is 5.41 Å². The first-order valence-electron chi connectivity index (χ1n) is 16.7. The Kier molecular flexibility index (Phi) is 12.3. The van der Waals surface area contributed by atoms with Gasteiger partial charge in [-0.3, -0.25) is 0 Å². The second kappa shape index (κ2) is 15.4. The molecular weight excluding hydrogens is 597 g/mol. The van der Waals surface area contributed by atoms with Crippen molar-refractivity contribution in [2.45, 2.75) is 102 Å². The summed E-state index contributed by atoms with van der Waals surface area (Å²) < 4.78 is 41.8. The standard InChI is InChI=1S/C19H21F3.C16H18.C10H14/c1-12-6-8-16(10-14(12)3)18(5,19(20,21)22)17-9-7-13(2)15(4)11-17;1-11-5-7-15(9-13(11)3)16-8-6-12(2)14(4)10-16;1-7-5-9(3)10(4)6-8(7)2/h6-11H,1-5H3;5-10H,1-4H3;5-6H,1-4H3. The van der Waals surface area contributed by atoms with Crippen molar-refractivity contribution in [2.24, 2.45) is 0 Å². The van der Waals surface area contributed by atoms with E-state index in [1.165, 1.54) is 62.6 Å². The molecule has 5 rings (SSSR count). The number of aryl methyl sites for hydroxylation is 12. The van der Waals surface area contributed by atoms with E-state index in [1.807, 2.05) is 27.7 Å². The van der Waals surface area contributed by atoms with Crippen molar-refractivity contribution in [1.29, 1.82) is 0 Å². The fraction of sp³-hybridized carbons (Fsp3) is 0.333. The van der Waals surface area contributed by atoms with Crippen LogP contribution in [0.2, 0.25) is 0 Å². The van der Waals surface area contributed by atoms with Crippen LogP contribution in [0, 0.1) is 83.1 Å². The highest BCUT2D eigenvalue weighted by molar-refractivity contribution is 5.66. The Bertz CT molecular complexity index is 1740. The van der Waals surface area contributed by atoms with Gasteiger partial charge in [0.05, 0.1) is 0 Å². The maximum absolute atomic E-state index is 13.9. The Morgan fingerprint density at radius 1 is 0.312 bits per heavy atom. The average molecular weight is 651 g/mol. The van der Waals surface area contributed by atoms with Crippen molar-refractivity contribution in [3.05, 3.63) is 163 Å². The monoisotopic (exact) mass is 650 g/mol. The molecule has 0 saturated carbocycles. The first-order chi connectivity index (χ1) is 22.3. The van der Waals surface area contributed by atoms with Gasteiger partial charge in [-0.2, -0.15) is 13.2 Å². The van der Waals surface area contributed by atoms with Gasteiger partial charge >= 0.3 is 6.18 Å². The lowest BCUT2D eigenvalue weighted by molar-refractivity contribution is -0.173. The fourth-order valence-corrected chi connectivity index (χ4v) is 5.55. The lowest BCUT2D eigenvalue weighted by Crippen LogP contribution is -2.40. The summed E-state index contributed by atoms with van der Waals surface area (Å²) >= 11 is 0. The Morgan fingerprint density at radius 3 is 0.812 bits per heavy atom. The highest BCUT2D eigenvalue weighted by Crippen LogP contribution is 2.46. The third-order valence-corrected chi connectivity index (χ3v) is 10.2. The number of halogens is 3. The van der Waals surface area contributed by atoms with E-state index in [1.54, 1.807) is 36.4 Å². The summed E-state index contributed by atoms with van der Waals surface area (Å²) in [4.78, 5) is 0. The molecule has 0 radical (unpaired) electrons. The van der Waals surface area contributed by atoms with Gasteiger partial charge in [-0.05, 0) is 179 Å². The number of benzene rings is 5. The molecule has 0 unspecified atom stereocenters. The zero-order chi connectivity index (χ0) is 36.1. The van der Waals surface area contributed by atoms with Crippen molar-refractivity contribution in [2.75, 3.05) is 0 Å². The van der Waals surface area contributed by atoms with Crippen molar-refractivity contribution in [3.8, 4) is 11.1 Å². The van der Waals surface area contributed by atoms with E-state index in [-0.39, 0.29) is 11.1 Å². The summed E-state index contributed by atoms with van der Waals surface area (Å²) in [5.41, 5.74) is 15.9. The van der Waals surface area contributed by atoms with E-state index in [2.05, 4.69) is 104 Å². The summed E-state index contributed by atoms with van der Waals surface area (Å²) in [6, 6.07) is 27.8. The topological polar surface area (TPSA) is 0 Å². The van der Waals surface area contributed by atoms with Gasteiger partial charge in [-0.1, -0.05) is 84.9 Å². The van der Waals surface area contributed by atoms with Crippen molar-refractivity contribution in [1.82, 2.24) is 0 Å². The van der Waals surface area contributed by atoms with Crippen LogP contribution in [0.5, 0.6) is 0 Å². The van der Waals surface area contributed by atoms with Gasteiger partial charge in [-0.15, -0.1) is 0 Å². The van der Waals surface area contributed by atoms with Crippen LogP contribution in [0.1, 0.15) is 84.8 Å². The van der Waals surface area contributed by atoms with E-state index in [0.717, 1.165) is 22.3 Å². The summed E-state index contributed by atoms with van der Waals surface area (Å²) in [7, 11) is 0. The maximum Gasteiger partial charge on any atom is 0.402 e. The Balaban J connectivity index is 0.000000210. The molecule has 48 heavy (non-hydrogen) atoms. The van der Waals surface area contributed by atoms with Gasteiger partial charge in [0.25, 0.3) is 0 Å². The fourth-order valence-electron chi connectivity index (χ4n) is 5.55. The normalized spacial score (nSPS) is 11.3. The van der Waals surface area contributed by atoms with E-state index >= 15 is 0 Å². The lowest BCUT2D eigenvalue weighted by atomic mass is 9.74. The predicted octanol–water partition coefficient (Wildman–Crippen LogP) is 13.3. The molecule has 0 bridgehead atoms. The van der Waals surface area contributed by atoms with Crippen LogP contribution >= 0.6 is 0 Å². The molecule has 0 N–H and O–H groups in total. The largest absolute Gasteiger partial charge is 0.402 e. The third-order valence-electron chi connectivity index (χ3n) is 10.2. The van der Waals surface area contributed by atoms with Crippen molar-refractivity contribution >= 4 is 0 Å². The number of hydrogen-bond donors (Lipinski definition) is 0. The first kappa shape index (κ1) is 38.3. The Labute approximate surface area is 288 Å². The molecule has 0 nitrogen and oxygen atoms in total. The summed E-state index contributed by atoms with van der Waals surface area (Å²) in [5, 5.41) is 0. The maximum atomic E-state index is 13.9. The molecule has 5 aromatic rings. The molecule has 0 fully saturated rings. The molecule has 254 valence electrons. The SMILES string of the molecule is Cc1cc(C)c(C)cc1C.Cc1ccc(-c2ccc(C)c(C)c2)cc1C.Cc1ccc(C(C)(c2ccc(C)c(C)c2)C(F)(F)F)cc1C. The second-order valence-electron chi connectivity index (χ2n) is 13.8. The highest BCUT2D eigenvalue weighted by atomic mass is 19.4. The Hall–Kier alpha value is -4.11. The van der Waals surface area contributed by atoms with E-state index < -0.39 is 11.6 Å². The molecule has 0 spiro atoms. The minimum absolute atomic E-state index is 0.284. The van der Waals surface area contributed by atoms with E-state index in [9.17, 15) is 13.2 Å². The molecule has 0 aliphatic heterocycles. The lowest BCUT2D eigenvalue weighted by Gasteiger charge is -2.34. The Morgan fingerprint density at radius 2 is 0.562 bits per heavy atom. The second-order valence-corrected chi connectivity index (χ2v) is 13.8. The zero-order valence-electron chi connectivity index (χ0n) is 31.2. The van der Waals surface area contributed by atoms with Crippen LogP contribution < -0.4 is 0 Å². The summed E-state index contributed by atoms with van der Waals surface area (Å²) in [6.07, 6.45) is -4.36. The molecule has 0 saturated heterocycles. The predicted molar refractivity (Wildman–Crippen MR) is 201 cm³/mol. The molecule has 0 heterocycles. The molecule has 0 amide bonds. The number of hydrogen-bond acceptors (Lipinski definition) is 0. The van der Waals surface area contributed by atoms with Gasteiger partial charge in [0.1, 0.15) is 5.41 Å². The van der Waals surface area contributed by atoms with Gasteiger partial charge in [0.15, 0.2) is 0 Å². The number of alkyl halides is 3. The van der Waals surface area contributed by atoms with Gasteiger partial charge in [0, 0.05) is 0 Å². The van der Waals surface area contributed by atoms with Crippen LogP contribution in [0.4, 0.5) is 13.2 Å². The molecule has 0 aromatic heterocycles. The molecule has 5 aromatic carbocycles. The van der Waals surface area contributed by atoms with E-state index in [4.69, 9.17) is 0 Å². The summed E-state index contributed by atoms with van der Waals surface area (Å²) in [6.45, 7) is 26.0. The number of rotatable bonds is 3. The van der Waals surface area contributed by atoms with Crippen LogP contribution in [-0.4, -0.2) is 6.18 Å². The van der Waals surface area contributed by atoms with Gasteiger partial charge < -0.3 is 0 Å². The van der Waals surface area contributed by atoms with Crippen LogP contribution in [0.25, 0.3) is 11.1 Å². The smallest absolute Gasteiger partial charge is 0.170 e. The van der Waals surface area contributed by atoms with Gasteiger partial charge in [-0.25, -0.2) is 0 Å². The highest BCUT2D eigenvalue weighted by Gasteiger charge is 2.53. The first-order valence-corrected chi connectivity index (χ1v) is 16.7. The molecule has 0 atom stereocenters. The van der Waals surface area contributed by atoms with Gasteiger partial charge in [0.2, 0.25) is 0 Å². The molecular formula is C45H53F3.